The fraction of sp³-hybridized carbons (Fsp3) is 0.391. The van der Waals surface area contributed by atoms with Gasteiger partial charge in [0.25, 0.3) is 0 Å². The van der Waals surface area contributed by atoms with Crippen LogP contribution in [0.3, 0.4) is 0 Å². The Morgan fingerprint density at radius 2 is 1.87 bits per heavy atom. The molecular formula is C23H31N3O4. The first-order valence-corrected chi connectivity index (χ1v) is 9.95. The van der Waals surface area contributed by atoms with Crippen molar-refractivity contribution in [3.63, 3.8) is 0 Å². The predicted octanol–water partition coefficient (Wildman–Crippen LogP) is 3.31. The van der Waals surface area contributed by atoms with Crippen molar-refractivity contribution in [1.29, 1.82) is 0 Å². The SMILES string of the molecule is CN=C(NCCCOC(C)c1ccccc1)NCc1ccc(OC)c(C(=O)OC)c1. The first-order valence-electron chi connectivity index (χ1n) is 9.95. The van der Waals surface area contributed by atoms with Gasteiger partial charge in [0.15, 0.2) is 5.96 Å². The van der Waals surface area contributed by atoms with Gasteiger partial charge in [-0.3, -0.25) is 4.99 Å². The molecule has 0 saturated carbocycles. The van der Waals surface area contributed by atoms with Crippen LogP contribution in [0, 0.1) is 0 Å². The Bertz CT molecular complexity index is 824. The van der Waals surface area contributed by atoms with E-state index in [4.69, 9.17) is 14.2 Å². The van der Waals surface area contributed by atoms with E-state index in [1.807, 2.05) is 24.3 Å². The zero-order valence-electron chi connectivity index (χ0n) is 18.1. The Balaban J connectivity index is 1.75. The summed E-state index contributed by atoms with van der Waals surface area (Å²) < 4.78 is 15.9. The number of methoxy groups -OCH3 is 2. The quantitative estimate of drug-likeness (QED) is 0.269. The number of benzene rings is 2. The van der Waals surface area contributed by atoms with Crippen molar-refractivity contribution in [2.45, 2.75) is 26.0 Å². The van der Waals surface area contributed by atoms with Crippen LogP contribution in [0.5, 0.6) is 5.75 Å². The zero-order valence-corrected chi connectivity index (χ0v) is 18.1. The molecule has 0 spiro atoms. The van der Waals surface area contributed by atoms with Gasteiger partial charge in [-0.1, -0.05) is 36.4 Å². The summed E-state index contributed by atoms with van der Waals surface area (Å²) in [5.41, 5.74) is 2.49. The normalized spacial score (nSPS) is 12.2. The summed E-state index contributed by atoms with van der Waals surface area (Å²) >= 11 is 0. The van der Waals surface area contributed by atoms with Gasteiger partial charge >= 0.3 is 5.97 Å². The molecule has 7 nitrogen and oxygen atoms in total. The molecule has 0 bridgehead atoms. The van der Waals surface area contributed by atoms with E-state index in [0.29, 0.717) is 30.4 Å². The number of carbonyl (C=O) groups excluding carboxylic acids is 1. The number of hydrogen-bond acceptors (Lipinski definition) is 5. The van der Waals surface area contributed by atoms with Crippen molar-refractivity contribution in [2.24, 2.45) is 4.99 Å². The molecular weight excluding hydrogens is 382 g/mol. The van der Waals surface area contributed by atoms with E-state index in [1.54, 1.807) is 19.2 Å². The first-order chi connectivity index (χ1) is 14.6. The van der Waals surface area contributed by atoms with Crippen LogP contribution in [0.15, 0.2) is 53.5 Å². The van der Waals surface area contributed by atoms with Gasteiger partial charge in [0.1, 0.15) is 11.3 Å². The van der Waals surface area contributed by atoms with Gasteiger partial charge in [0.05, 0.1) is 20.3 Å². The number of esters is 1. The van der Waals surface area contributed by atoms with Gasteiger partial charge in [-0.05, 0) is 36.6 Å². The van der Waals surface area contributed by atoms with Crippen molar-refractivity contribution in [3.8, 4) is 5.75 Å². The van der Waals surface area contributed by atoms with Gasteiger partial charge < -0.3 is 24.8 Å². The molecule has 162 valence electrons. The molecule has 2 N–H and O–H groups in total. The lowest BCUT2D eigenvalue weighted by atomic mass is 10.1. The molecule has 0 aliphatic rings. The van der Waals surface area contributed by atoms with Gasteiger partial charge in [0, 0.05) is 26.7 Å². The largest absolute Gasteiger partial charge is 0.496 e. The minimum Gasteiger partial charge on any atom is -0.496 e. The lowest BCUT2D eigenvalue weighted by Crippen LogP contribution is -2.37. The van der Waals surface area contributed by atoms with Crippen molar-refractivity contribution in [3.05, 3.63) is 65.2 Å². The maximum atomic E-state index is 11.9. The van der Waals surface area contributed by atoms with E-state index in [0.717, 1.165) is 18.5 Å². The molecule has 0 amide bonds. The highest BCUT2D eigenvalue weighted by Gasteiger charge is 2.13. The minimum atomic E-state index is -0.430. The highest BCUT2D eigenvalue weighted by molar-refractivity contribution is 5.92. The summed E-state index contributed by atoms with van der Waals surface area (Å²) in [6.07, 6.45) is 0.926. The van der Waals surface area contributed by atoms with Crippen molar-refractivity contribution >= 4 is 11.9 Å². The number of hydrogen-bond donors (Lipinski definition) is 2. The third-order valence-corrected chi connectivity index (χ3v) is 4.60. The number of nitrogens with zero attached hydrogens (tertiary/aromatic N) is 1. The van der Waals surface area contributed by atoms with Gasteiger partial charge in [-0.25, -0.2) is 4.79 Å². The first kappa shape index (κ1) is 23.2. The van der Waals surface area contributed by atoms with Crippen molar-refractivity contribution in [2.75, 3.05) is 34.4 Å². The van der Waals surface area contributed by atoms with Crippen molar-refractivity contribution < 1.29 is 19.0 Å². The molecule has 7 heteroatoms. The van der Waals surface area contributed by atoms with Crippen LogP contribution in [0.1, 0.15) is 40.9 Å². The number of nitrogens with one attached hydrogen (secondary N) is 2. The Kier molecular flexibility index (Phi) is 9.67. The van der Waals surface area contributed by atoms with Gasteiger partial charge in [-0.15, -0.1) is 0 Å². The molecule has 0 heterocycles. The van der Waals surface area contributed by atoms with E-state index in [2.05, 4.69) is 34.7 Å². The molecule has 0 saturated heterocycles. The Hall–Kier alpha value is -3.06. The summed E-state index contributed by atoms with van der Waals surface area (Å²) in [5, 5.41) is 6.50. The summed E-state index contributed by atoms with van der Waals surface area (Å²) in [5.74, 6) is 0.736. The van der Waals surface area contributed by atoms with Crippen LogP contribution in [-0.2, 0) is 16.0 Å². The molecule has 0 aromatic heterocycles. The third-order valence-electron chi connectivity index (χ3n) is 4.60. The molecule has 0 radical (unpaired) electrons. The average molecular weight is 414 g/mol. The number of rotatable bonds is 10. The molecule has 0 aliphatic carbocycles. The fourth-order valence-electron chi connectivity index (χ4n) is 2.90. The van der Waals surface area contributed by atoms with E-state index >= 15 is 0 Å². The monoisotopic (exact) mass is 413 g/mol. The summed E-state index contributed by atoms with van der Waals surface area (Å²) in [6.45, 7) is 3.95. The topological polar surface area (TPSA) is 81.2 Å². The molecule has 2 aromatic rings. The Morgan fingerprint density at radius 3 is 2.53 bits per heavy atom. The van der Waals surface area contributed by atoms with Crippen LogP contribution in [0.4, 0.5) is 0 Å². The third kappa shape index (κ3) is 7.08. The van der Waals surface area contributed by atoms with Crippen LogP contribution in [-0.4, -0.2) is 46.3 Å². The lowest BCUT2D eigenvalue weighted by Gasteiger charge is -2.15. The average Bonchev–Trinajstić information content (AvgIpc) is 2.80. The standard InChI is InChI=1S/C23H31N3O4/c1-17(19-9-6-5-7-10-19)30-14-8-13-25-23(24-2)26-16-18-11-12-21(28-3)20(15-18)22(27)29-4/h5-7,9-12,15,17H,8,13-14,16H2,1-4H3,(H2,24,25,26). The van der Waals surface area contributed by atoms with Crippen LogP contribution >= 0.6 is 0 Å². The van der Waals surface area contributed by atoms with Gasteiger partial charge in [0.2, 0.25) is 0 Å². The van der Waals surface area contributed by atoms with E-state index in [-0.39, 0.29) is 6.10 Å². The fourth-order valence-corrected chi connectivity index (χ4v) is 2.90. The van der Waals surface area contributed by atoms with E-state index < -0.39 is 5.97 Å². The lowest BCUT2D eigenvalue weighted by molar-refractivity contribution is 0.0596. The van der Waals surface area contributed by atoms with Crippen LogP contribution < -0.4 is 15.4 Å². The summed E-state index contributed by atoms with van der Waals surface area (Å²) in [7, 11) is 4.59. The molecule has 30 heavy (non-hydrogen) atoms. The van der Waals surface area contributed by atoms with Crippen molar-refractivity contribution in [1.82, 2.24) is 10.6 Å². The number of aliphatic imine (C=N–C) groups is 1. The highest BCUT2D eigenvalue weighted by Crippen LogP contribution is 2.20. The second-order valence-electron chi connectivity index (χ2n) is 6.66. The second-order valence-corrected chi connectivity index (χ2v) is 6.66. The molecule has 1 atom stereocenters. The molecule has 0 aliphatic heterocycles. The van der Waals surface area contributed by atoms with E-state index in [9.17, 15) is 4.79 Å². The number of ether oxygens (including phenoxy) is 3. The zero-order chi connectivity index (χ0) is 21.8. The van der Waals surface area contributed by atoms with E-state index in [1.165, 1.54) is 19.8 Å². The van der Waals surface area contributed by atoms with Crippen LogP contribution in [0.25, 0.3) is 0 Å². The highest BCUT2D eigenvalue weighted by atomic mass is 16.5. The summed E-state index contributed by atoms with van der Waals surface area (Å²) in [4.78, 5) is 16.1. The molecule has 2 rings (SSSR count). The Labute approximate surface area is 178 Å². The number of carbonyl (C=O) groups is 1. The minimum absolute atomic E-state index is 0.0720. The molecule has 1 unspecified atom stereocenters. The maximum Gasteiger partial charge on any atom is 0.341 e. The van der Waals surface area contributed by atoms with Gasteiger partial charge in [-0.2, -0.15) is 0 Å². The predicted molar refractivity (Wildman–Crippen MR) is 118 cm³/mol. The molecule has 0 fully saturated rings. The number of guanidine groups is 1. The summed E-state index contributed by atoms with van der Waals surface area (Å²) in [6, 6.07) is 15.6. The maximum absolute atomic E-state index is 11.9. The smallest absolute Gasteiger partial charge is 0.341 e. The second kappa shape index (κ2) is 12.5. The molecule has 2 aromatic carbocycles. The Morgan fingerprint density at radius 1 is 1.10 bits per heavy atom. The van der Waals surface area contributed by atoms with Crippen LogP contribution in [0.2, 0.25) is 0 Å².